The summed E-state index contributed by atoms with van der Waals surface area (Å²) in [5, 5.41) is 1.81. The van der Waals surface area contributed by atoms with Crippen LogP contribution in [0.4, 0.5) is 0 Å². The van der Waals surface area contributed by atoms with Gasteiger partial charge in [-0.15, -0.1) is 0 Å². The van der Waals surface area contributed by atoms with Gasteiger partial charge in [0, 0.05) is 17.8 Å². The first kappa shape index (κ1) is 12.2. The van der Waals surface area contributed by atoms with Crippen molar-refractivity contribution in [1.29, 1.82) is 0 Å². The van der Waals surface area contributed by atoms with E-state index in [1.807, 2.05) is 0 Å². The summed E-state index contributed by atoms with van der Waals surface area (Å²) in [5.41, 5.74) is 0.766. The van der Waals surface area contributed by atoms with Gasteiger partial charge in [0.2, 0.25) is 0 Å². The Labute approximate surface area is 99.3 Å². The predicted octanol–water partition coefficient (Wildman–Crippen LogP) is 4.35. The maximum atomic E-state index is 5.90. The van der Waals surface area contributed by atoms with Crippen molar-refractivity contribution in [2.45, 2.75) is 20.3 Å². The smallest absolute Gasteiger partial charge is 0.131 e. The van der Waals surface area contributed by atoms with Crippen LogP contribution in [0, 0.1) is 0 Å². The van der Waals surface area contributed by atoms with Gasteiger partial charge in [0.15, 0.2) is 0 Å². The zero-order valence-corrected chi connectivity index (χ0v) is 10.2. The molecule has 0 spiro atoms. The molecular formula is C11H12Cl2N2. The van der Waals surface area contributed by atoms with Crippen molar-refractivity contribution in [2.75, 3.05) is 0 Å². The van der Waals surface area contributed by atoms with Gasteiger partial charge in [-0.1, -0.05) is 43.5 Å². The summed E-state index contributed by atoms with van der Waals surface area (Å²) in [7, 11) is 0. The van der Waals surface area contributed by atoms with E-state index in [1.165, 1.54) is 6.42 Å². The molecule has 2 nitrogen and oxygen atoms in total. The fourth-order valence-electron chi connectivity index (χ4n) is 0.998. The zero-order chi connectivity index (χ0) is 11.3. The van der Waals surface area contributed by atoms with E-state index in [0.29, 0.717) is 10.2 Å². The molecule has 0 N–H and O–H groups in total. The molecule has 0 unspecified atom stereocenters. The Morgan fingerprint density at radius 1 is 1.27 bits per heavy atom. The minimum Gasteiger partial charge on any atom is -0.264 e. The van der Waals surface area contributed by atoms with Crippen molar-refractivity contribution in [2.24, 2.45) is 0 Å². The topological polar surface area (TPSA) is 25.8 Å². The molecule has 0 atom stereocenters. The standard InChI is InChI=1S/C8H4Cl2N2.C3H8/c9-6-3-8(10)12-7-1-2-11-4-5(6)7;1-3-2/h1-4H;3H2,1-2H3. The Kier molecular flexibility index (Phi) is 4.79. The normalized spacial score (nSPS) is 9.60. The van der Waals surface area contributed by atoms with Gasteiger partial charge in [0.25, 0.3) is 0 Å². The Bertz CT molecular complexity index is 444. The summed E-state index contributed by atoms with van der Waals surface area (Å²) in [4.78, 5) is 8.01. The highest BCUT2D eigenvalue weighted by Gasteiger charge is 2.01. The highest BCUT2D eigenvalue weighted by Crippen LogP contribution is 2.23. The molecule has 2 heterocycles. The molecule has 2 aromatic rings. The van der Waals surface area contributed by atoms with Gasteiger partial charge in [0.05, 0.1) is 10.5 Å². The second-order valence-corrected chi connectivity index (χ2v) is 3.82. The van der Waals surface area contributed by atoms with Gasteiger partial charge in [-0.3, -0.25) is 4.98 Å². The average molecular weight is 243 g/mol. The van der Waals surface area contributed by atoms with E-state index >= 15 is 0 Å². The van der Waals surface area contributed by atoms with Crippen LogP contribution in [0.2, 0.25) is 10.2 Å². The van der Waals surface area contributed by atoms with E-state index in [-0.39, 0.29) is 0 Å². The van der Waals surface area contributed by atoms with Crippen LogP contribution in [-0.2, 0) is 0 Å². The molecule has 2 rings (SSSR count). The number of pyridine rings is 2. The number of fused-ring (bicyclic) bond motifs is 1. The largest absolute Gasteiger partial charge is 0.264 e. The van der Waals surface area contributed by atoms with Gasteiger partial charge >= 0.3 is 0 Å². The SMILES string of the molecule is CCC.Clc1cc(Cl)c2cnccc2n1. The van der Waals surface area contributed by atoms with Crippen LogP contribution in [0.1, 0.15) is 20.3 Å². The molecule has 0 radical (unpaired) electrons. The number of halogens is 2. The maximum Gasteiger partial charge on any atom is 0.131 e. The lowest BCUT2D eigenvalue weighted by Crippen LogP contribution is -1.81. The van der Waals surface area contributed by atoms with Crippen LogP contribution >= 0.6 is 23.2 Å². The highest BCUT2D eigenvalue weighted by atomic mass is 35.5. The zero-order valence-electron chi connectivity index (χ0n) is 8.67. The Hall–Kier alpha value is -0.860. The number of hydrogen-bond donors (Lipinski definition) is 0. The molecule has 0 saturated heterocycles. The lowest BCUT2D eigenvalue weighted by atomic mass is 10.3. The fourth-order valence-corrected chi connectivity index (χ4v) is 1.50. The van der Waals surface area contributed by atoms with Crippen LogP contribution in [0.3, 0.4) is 0 Å². The lowest BCUT2D eigenvalue weighted by Gasteiger charge is -1.98. The maximum absolute atomic E-state index is 5.90. The highest BCUT2D eigenvalue weighted by molar-refractivity contribution is 6.37. The molecule has 0 amide bonds. The molecule has 0 fully saturated rings. The van der Waals surface area contributed by atoms with Crippen LogP contribution in [0.5, 0.6) is 0 Å². The number of nitrogens with zero attached hydrogens (tertiary/aromatic N) is 2. The molecule has 0 bridgehead atoms. The molecule has 15 heavy (non-hydrogen) atoms. The van der Waals surface area contributed by atoms with Crippen molar-refractivity contribution in [1.82, 2.24) is 9.97 Å². The summed E-state index contributed by atoms with van der Waals surface area (Å²) in [5.74, 6) is 0. The summed E-state index contributed by atoms with van der Waals surface area (Å²) < 4.78 is 0. The second kappa shape index (κ2) is 5.89. The first-order valence-electron chi connectivity index (χ1n) is 4.74. The summed E-state index contributed by atoms with van der Waals surface area (Å²) in [6.07, 6.45) is 4.57. The van der Waals surface area contributed by atoms with Gasteiger partial charge in [0.1, 0.15) is 5.15 Å². The molecule has 0 aliphatic rings. The molecule has 2 aromatic heterocycles. The summed E-state index contributed by atoms with van der Waals surface area (Å²) in [6.45, 7) is 4.25. The molecule has 80 valence electrons. The van der Waals surface area contributed by atoms with E-state index in [0.717, 1.165) is 10.9 Å². The van der Waals surface area contributed by atoms with Crippen LogP contribution in [-0.4, -0.2) is 9.97 Å². The van der Waals surface area contributed by atoms with E-state index in [2.05, 4.69) is 23.8 Å². The van der Waals surface area contributed by atoms with Crippen molar-refractivity contribution in [3.8, 4) is 0 Å². The van der Waals surface area contributed by atoms with Crippen molar-refractivity contribution >= 4 is 34.1 Å². The Morgan fingerprint density at radius 2 is 1.93 bits per heavy atom. The van der Waals surface area contributed by atoms with E-state index in [9.17, 15) is 0 Å². The molecule has 0 aliphatic carbocycles. The third-order valence-corrected chi connectivity index (χ3v) is 2.03. The van der Waals surface area contributed by atoms with Crippen molar-refractivity contribution in [3.05, 3.63) is 34.7 Å². The van der Waals surface area contributed by atoms with Crippen LogP contribution in [0.25, 0.3) is 10.9 Å². The van der Waals surface area contributed by atoms with Gasteiger partial charge < -0.3 is 0 Å². The average Bonchev–Trinajstić information content (AvgIpc) is 2.18. The summed E-state index contributed by atoms with van der Waals surface area (Å²) >= 11 is 11.6. The Morgan fingerprint density at radius 3 is 2.60 bits per heavy atom. The van der Waals surface area contributed by atoms with Crippen molar-refractivity contribution in [3.63, 3.8) is 0 Å². The first-order chi connectivity index (χ1) is 7.19. The molecule has 0 saturated carbocycles. The Balaban J connectivity index is 0.000000337. The summed E-state index contributed by atoms with van der Waals surface area (Å²) in [6, 6.07) is 3.38. The fraction of sp³-hybridized carbons (Fsp3) is 0.273. The van der Waals surface area contributed by atoms with Crippen molar-refractivity contribution < 1.29 is 0 Å². The van der Waals surface area contributed by atoms with E-state index in [1.54, 1.807) is 24.5 Å². The van der Waals surface area contributed by atoms with Crippen LogP contribution in [0.15, 0.2) is 24.5 Å². The van der Waals surface area contributed by atoms with E-state index in [4.69, 9.17) is 23.2 Å². The lowest BCUT2D eigenvalue weighted by molar-refractivity contribution is 1.09. The minimum atomic E-state index is 0.402. The monoisotopic (exact) mass is 242 g/mol. The molecule has 0 aromatic carbocycles. The predicted molar refractivity (Wildman–Crippen MR) is 65.5 cm³/mol. The third kappa shape index (κ3) is 3.33. The first-order valence-corrected chi connectivity index (χ1v) is 5.50. The van der Waals surface area contributed by atoms with Gasteiger partial charge in [-0.2, -0.15) is 0 Å². The molecule has 4 heteroatoms. The second-order valence-electron chi connectivity index (χ2n) is 3.03. The van der Waals surface area contributed by atoms with Gasteiger partial charge in [-0.25, -0.2) is 4.98 Å². The van der Waals surface area contributed by atoms with Gasteiger partial charge in [-0.05, 0) is 12.1 Å². The number of rotatable bonds is 0. The molecular weight excluding hydrogens is 231 g/mol. The van der Waals surface area contributed by atoms with Crippen LogP contribution < -0.4 is 0 Å². The number of hydrogen-bond acceptors (Lipinski definition) is 2. The quantitative estimate of drug-likeness (QED) is 0.642. The number of aromatic nitrogens is 2. The third-order valence-electron chi connectivity index (χ3n) is 1.53. The van der Waals surface area contributed by atoms with E-state index < -0.39 is 0 Å². The molecule has 0 aliphatic heterocycles. The minimum absolute atomic E-state index is 0.402.